The van der Waals surface area contributed by atoms with Gasteiger partial charge in [0.05, 0.1) is 5.25 Å². The van der Waals surface area contributed by atoms with Gasteiger partial charge in [0.1, 0.15) is 5.82 Å². The summed E-state index contributed by atoms with van der Waals surface area (Å²) < 4.78 is 0. The van der Waals surface area contributed by atoms with Crippen LogP contribution in [0.2, 0.25) is 0 Å². The molecule has 0 aliphatic carbocycles. The second-order valence-corrected chi connectivity index (χ2v) is 7.47. The number of thioether (sulfide) groups is 1. The van der Waals surface area contributed by atoms with Crippen LogP contribution in [-0.4, -0.2) is 32.4 Å². The standard InChI is InChI=1S/C21H21N5O2S/c1-15(19(27)24-20(28)22-14-17-10-6-3-7-11-17)29-21-23-18(25-26-21)13-12-16-8-4-2-5-9-16/h2-13,15H,14H2,1H3,(H,23,25,26)(H2,22,24,27,28)/b13-12+. The van der Waals surface area contributed by atoms with Gasteiger partial charge in [0.2, 0.25) is 11.1 Å². The third kappa shape index (κ3) is 6.62. The molecule has 3 N–H and O–H groups in total. The lowest BCUT2D eigenvalue weighted by atomic mass is 10.2. The molecule has 0 radical (unpaired) electrons. The fourth-order valence-corrected chi connectivity index (χ4v) is 3.10. The molecule has 8 heteroatoms. The van der Waals surface area contributed by atoms with Crippen LogP contribution in [-0.2, 0) is 11.3 Å². The van der Waals surface area contributed by atoms with Crippen LogP contribution in [0.25, 0.3) is 12.2 Å². The molecule has 7 nitrogen and oxygen atoms in total. The van der Waals surface area contributed by atoms with Crippen LogP contribution in [0.1, 0.15) is 23.9 Å². The van der Waals surface area contributed by atoms with Gasteiger partial charge in [0, 0.05) is 6.54 Å². The van der Waals surface area contributed by atoms with E-state index in [0.29, 0.717) is 17.5 Å². The zero-order valence-electron chi connectivity index (χ0n) is 15.8. The number of hydrogen-bond donors (Lipinski definition) is 3. The van der Waals surface area contributed by atoms with E-state index in [9.17, 15) is 9.59 Å². The number of imide groups is 1. The first-order valence-corrected chi connectivity index (χ1v) is 9.93. The Bertz CT molecular complexity index is 973. The average Bonchev–Trinajstić information content (AvgIpc) is 3.19. The lowest BCUT2D eigenvalue weighted by molar-refractivity contribution is -0.119. The van der Waals surface area contributed by atoms with Crippen LogP contribution in [0.3, 0.4) is 0 Å². The lowest BCUT2D eigenvalue weighted by Gasteiger charge is -2.10. The summed E-state index contributed by atoms with van der Waals surface area (Å²) in [5, 5.41) is 11.8. The third-order valence-corrected chi connectivity index (χ3v) is 4.86. The van der Waals surface area contributed by atoms with Crippen molar-refractivity contribution in [3.8, 4) is 0 Å². The molecule has 0 fully saturated rings. The summed E-state index contributed by atoms with van der Waals surface area (Å²) in [5.74, 6) is 0.177. The molecule has 148 valence electrons. The summed E-state index contributed by atoms with van der Waals surface area (Å²) in [5.41, 5.74) is 2.00. The van der Waals surface area contributed by atoms with E-state index in [-0.39, 0.29) is 0 Å². The van der Waals surface area contributed by atoms with Gasteiger partial charge in [-0.25, -0.2) is 9.78 Å². The monoisotopic (exact) mass is 407 g/mol. The van der Waals surface area contributed by atoms with Crippen molar-refractivity contribution in [1.82, 2.24) is 25.8 Å². The van der Waals surface area contributed by atoms with Gasteiger partial charge >= 0.3 is 6.03 Å². The summed E-state index contributed by atoms with van der Waals surface area (Å²) in [6.45, 7) is 2.04. The molecular weight excluding hydrogens is 386 g/mol. The molecule has 1 aromatic heterocycles. The molecule has 1 atom stereocenters. The summed E-state index contributed by atoms with van der Waals surface area (Å²) in [6, 6.07) is 18.8. The van der Waals surface area contributed by atoms with E-state index in [2.05, 4.69) is 25.8 Å². The maximum atomic E-state index is 12.2. The van der Waals surface area contributed by atoms with Crippen LogP contribution in [0.5, 0.6) is 0 Å². The van der Waals surface area contributed by atoms with Gasteiger partial charge in [-0.15, -0.1) is 5.10 Å². The van der Waals surface area contributed by atoms with E-state index in [1.807, 2.05) is 72.8 Å². The van der Waals surface area contributed by atoms with E-state index >= 15 is 0 Å². The second kappa shape index (κ2) is 10.2. The topological polar surface area (TPSA) is 99.8 Å². The van der Waals surface area contributed by atoms with E-state index < -0.39 is 17.2 Å². The normalized spacial score (nSPS) is 11.9. The zero-order chi connectivity index (χ0) is 20.5. The third-order valence-electron chi connectivity index (χ3n) is 3.90. The molecule has 2 aromatic carbocycles. The van der Waals surface area contributed by atoms with Crippen molar-refractivity contribution < 1.29 is 9.59 Å². The molecule has 3 rings (SSSR count). The Balaban J connectivity index is 1.46. The minimum atomic E-state index is -0.534. The fourth-order valence-electron chi connectivity index (χ4n) is 2.37. The summed E-state index contributed by atoms with van der Waals surface area (Å²) in [6.07, 6.45) is 3.73. The minimum Gasteiger partial charge on any atom is -0.334 e. The number of carbonyl (C=O) groups is 2. The highest BCUT2D eigenvalue weighted by atomic mass is 32.2. The number of carbonyl (C=O) groups excluding carboxylic acids is 2. The number of urea groups is 1. The van der Waals surface area contributed by atoms with Crippen molar-refractivity contribution in [2.45, 2.75) is 23.9 Å². The maximum absolute atomic E-state index is 12.2. The Morgan fingerprint density at radius 2 is 1.76 bits per heavy atom. The molecular formula is C21H21N5O2S. The van der Waals surface area contributed by atoms with E-state index in [4.69, 9.17) is 0 Å². The van der Waals surface area contributed by atoms with Gasteiger partial charge in [-0.1, -0.05) is 78.5 Å². The Morgan fingerprint density at radius 1 is 1.07 bits per heavy atom. The van der Waals surface area contributed by atoms with Crippen molar-refractivity contribution in [3.05, 3.63) is 77.6 Å². The van der Waals surface area contributed by atoms with Gasteiger partial charge in [-0.3, -0.25) is 15.2 Å². The van der Waals surface area contributed by atoms with Crippen LogP contribution < -0.4 is 10.6 Å². The van der Waals surface area contributed by atoms with E-state index in [1.54, 1.807) is 6.92 Å². The maximum Gasteiger partial charge on any atom is 0.321 e. The summed E-state index contributed by atoms with van der Waals surface area (Å²) >= 11 is 1.17. The van der Waals surface area contributed by atoms with E-state index in [1.165, 1.54) is 11.8 Å². The van der Waals surface area contributed by atoms with Gasteiger partial charge in [-0.05, 0) is 24.1 Å². The van der Waals surface area contributed by atoms with E-state index in [0.717, 1.165) is 11.1 Å². The molecule has 29 heavy (non-hydrogen) atoms. The number of H-pyrrole nitrogens is 1. The minimum absolute atomic E-state index is 0.347. The predicted molar refractivity (Wildman–Crippen MR) is 114 cm³/mol. The molecule has 0 saturated carbocycles. The highest BCUT2D eigenvalue weighted by molar-refractivity contribution is 8.00. The Labute approximate surface area is 173 Å². The smallest absolute Gasteiger partial charge is 0.321 e. The van der Waals surface area contributed by atoms with Crippen molar-refractivity contribution in [3.63, 3.8) is 0 Å². The Hall–Kier alpha value is -3.39. The van der Waals surface area contributed by atoms with Crippen molar-refractivity contribution in [2.24, 2.45) is 0 Å². The first-order chi connectivity index (χ1) is 14.1. The Kier molecular flexibility index (Phi) is 7.18. The van der Waals surface area contributed by atoms with Gasteiger partial charge in [0.25, 0.3) is 0 Å². The predicted octanol–water partition coefficient (Wildman–Crippen LogP) is 3.48. The molecule has 3 aromatic rings. The number of amides is 3. The average molecular weight is 407 g/mol. The number of aromatic nitrogens is 3. The summed E-state index contributed by atoms with van der Waals surface area (Å²) in [4.78, 5) is 28.5. The van der Waals surface area contributed by atoms with Crippen LogP contribution >= 0.6 is 11.8 Å². The number of rotatable bonds is 7. The largest absolute Gasteiger partial charge is 0.334 e. The summed E-state index contributed by atoms with van der Waals surface area (Å²) in [7, 11) is 0. The fraction of sp³-hybridized carbons (Fsp3) is 0.143. The number of hydrogen-bond acceptors (Lipinski definition) is 5. The molecule has 0 aliphatic heterocycles. The van der Waals surface area contributed by atoms with Crippen LogP contribution in [0, 0.1) is 0 Å². The van der Waals surface area contributed by atoms with Crippen LogP contribution in [0.15, 0.2) is 65.8 Å². The van der Waals surface area contributed by atoms with Crippen molar-refractivity contribution >= 4 is 35.9 Å². The van der Waals surface area contributed by atoms with Gasteiger partial charge in [-0.2, -0.15) is 0 Å². The molecule has 0 aliphatic rings. The molecule has 0 bridgehead atoms. The quantitative estimate of drug-likeness (QED) is 0.521. The first-order valence-electron chi connectivity index (χ1n) is 9.05. The van der Waals surface area contributed by atoms with Crippen molar-refractivity contribution in [1.29, 1.82) is 0 Å². The molecule has 1 unspecified atom stereocenters. The molecule has 3 amide bonds. The number of benzene rings is 2. The SMILES string of the molecule is CC(Sc1n[nH]c(/C=C/c2ccccc2)n1)C(=O)NC(=O)NCc1ccccc1. The second-order valence-electron chi connectivity index (χ2n) is 6.16. The van der Waals surface area contributed by atoms with Gasteiger partial charge in [0.15, 0.2) is 0 Å². The number of aromatic amines is 1. The highest BCUT2D eigenvalue weighted by Gasteiger charge is 2.19. The molecule has 1 heterocycles. The molecule has 0 spiro atoms. The zero-order valence-corrected chi connectivity index (χ0v) is 16.6. The number of nitrogens with zero attached hydrogens (tertiary/aromatic N) is 2. The highest BCUT2D eigenvalue weighted by Crippen LogP contribution is 2.19. The van der Waals surface area contributed by atoms with Crippen LogP contribution in [0.4, 0.5) is 4.79 Å². The van der Waals surface area contributed by atoms with Crippen molar-refractivity contribution in [2.75, 3.05) is 0 Å². The van der Waals surface area contributed by atoms with Gasteiger partial charge < -0.3 is 5.32 Å². The lowest BCUT2D eigenvalue weighted by Crippen LogP contribution is -2.42. The number of nitrogens with one attached hydrogen (secondary N) is 3. The Morgan fingerprint density at radius 3 is 2.48 bits per heavy atom. The molecule has 0 saturated heterocycles. The first kappa shape index (κ1) is 20.3.